The number of unbranched alkanes of at least 4 members (excludes halogenated alkanes) is 2. The van der Waals surface area contributed by atoms with Crippen molar-refractivity contribution in [2.45, 2.75) is 84.0 Å². The van der Waals surface area contributed by atoms with Gasteiger partial charge in [-0.25, -0.2) is 13.2 Å². The fraction of sp³-hybridized carbons (Fsp3) is 0.469. The van der Waals surface area contributed by atoms with Gasteiger partial charge in [0.05, 0.1) is 0 Å². The van der Waals surface area contributed by atoms with Crippen molar-refractivity contribution in [1.82, 2.24) is 0 Å². The Hall–Kier alpha value is -2.80. The molecule has 190 valence electrons. The molecule has 0 amide bonds. The van der Waals surface area contributed by atoms with E-state index in [1.165, 1.54) is 69.4 Å². The van der Waals surface area contributed by atoms with Crippen LogP contribution in [-0.2, 0) is 19.3 Å². The van der Waals surface area contributed by atoms with Crippen molar-refractivity contribution in [1.29, 1.82) is 5.26 Å². The molecule has 1 nitrogen and oxygen atoms in total. The van der Waals surface area contributed by atoms with Gasteiger partial charge in [-0.05, 0) is 71.7 Å². The number of hydrogen-bond acceptors (Lipinski definition) is 1. The standard InChI is InChI=1S/C32H36F3N/c1-2-3-4-5-22-6-8-23(9-7-22)10-11-24-13-17-28-27(18-24)16-15-26(32(28)35)14-12-25-19-30(33)29(21-36)31(34)20-25/h13,15-20,22-23H,2-12,14H2,1H3. The summed E-state index contributed by atoms with van der Waals surface area (Å²) in [6, 6.07) is 13.6. The van der Waals surface area contributed by atoms with Gasteiger partial charge in [-0.3, -0.25) is 0 Å². The number of aryl methyl sites for hydroxylation is 3. The predicted molar refractivity (Wildman–Crippen MR) is 140 cm³/mol. The average Bonchev–Trinajstić information content (AvgIpc) is 2.88. The van der Waals surface area contributed by atoms with E-state index in [0.29, 0.717) is 29.4 Å². The zero-order valence-corrected chi connectivity index (χ0v) is 21.3. The van der Waals surface area contributed by atoms with E-state index >= 15 is 4.39 Å². The summed E-state index contributed by atoms with van der Waals surface area (Å²) in [4.78, 5) is 0. The first-order valence-corrected chi connectivity index (χ1v) is 13.6. The van der Waals surface area contributed by atoms with E-state index in [1.807, 2.05) is 18.2 Å². The van der Waals surface area contributed by atoms with Crippen molar-refractivity contribution in [2.75, 3.05) is 0 Å². The van der Waals surface area contributed by atoms with E-state index in [0.717, 1.165) is 35.8 Å². The lowest BCUT2D eigenvalue weighted by Crippen LogP contribution is -2.15. The summed E-state index contributed by atoms with van der Waals surface area (Å²) < 4.78 is 43.0. The number of benzene rings is 3. The van der Waals surface area contributed by atoms with Crippen LogP contribution in [0.1, 0.15) is 87.0 Å². The van der Waals surface area contributed by atoms with Gasteiger partial charge in [0.2, 0.25) is 0 Å². The number of halogens is 3. The molecule has 0 aromatic heterocycles. The first-order valence-electron chi connectivity index (χ1n) is 13.6. The third-order valence-electron chi connectivity index (χ3n) is 8.02. The maximum absolute atomic E-state index is 15.2. The SMILES string of the molecule is CCCCCC1CCC(CCc2ccc3c(F)c(CCc4cc(F)c(C#N)c(F)c4)ccc3c2)CC1. The Labute approximate surface area is 213 Å². The summed E-state index contributed by atoms with van der Waals surface area (Å²) in [5, 5.41) is 10.3. The van der Waals surface area contributed by atoms with Gasteiger partial charge in [0, 0.05) is 5.39 Å². The monoisotopic (exact) mass is 491 g/mol. The van der Waals surface area contributed by atoms with E-state index in [9.17, 15) is 8.78 Å². The number of rotatable bonds is 10. The molecule has 1 saturated carbocycles. The normalized spacial score (nSPS) is 17.9. The Bertz CT molecular complexity index is 1200. The van der Waals surface area contributed by atoms with Crippen LogP contribution in [-0.4, -0.2) is 0 Å². The molecule has 0 N–H and O–H groups in total. The molecule has 3 aromatic rings. The van der Waals surface area contributed by atoms with Gasteiger partial charge in [0.25, 0.3) is 0 Å². The highest BCUT2D eigenvalue weighted by Gasteiger charge is 2.21. The summed E-state index contributed by atoms with van der Waals surface area (Å²) in [5.74, 6) is -0.284. The van der Waals surface area contributed by atoms with Gasteiger partial charge in [-0.2, -0.15) is 5.26 Å². The first kappa shape index (κ1) is 26.3. The maximum Gasteiger partial charge on any atom is 0.144 e. The molecule has 3 aromatic carbocycles. The highest BCUT2D eigenvalue weighted by molar-refractivity contribution is 5.84. The summed E-state index contributed by atoms with van der Waals surface area (Å²) in [6.45, 7) is 2.27. The number of nitriles is 1. The molecule has 1 fully saturated rings. The molecule has 36 heavy (non-hydrogen) atoms. The molecule has 0 saturated heterocycles. The molecule has 0 aliphatic heterocycles. The summed E-state index contributed by atoms with van der Waals surface area (Å²) in [6.07, 6.45) is 13.7. The molecular formula is C32H36F3N. The van der Waals surface area contributed by atoms with Crippen LogP contribution in [0.5, 0.6) is 0 Å². The lowest BCUT2D eigenvalue weighted by atomic mass is 9.77. The molecule has 0 spiro atoms. The maximum atomic E-state index is 15.2. The second-order valence-corrected chi connectivity index (χ2v) is 10.6. The van der Waals surface area contributed by atoms with Crippen LogP contribution in [0, 0.1) is 40.6 Å². The second-order valence-electron chi connectivity index (χ2n) is 10.6. The molecule has 0 bridgehead atoms. The third kappa shape index (κ3) is 6.49. The quantitative estimate of drug-likeness (QED) is 0.259. The lowest BCUT2D eigenvalue weighted by Gasteiger charge is -2.28. The van der Waals surface area contributed by atoms with E-state index in [1.54, 1.807) is 6.07 Å². The van der Waals surface area contributed by atoms with Crippen LogP contribution < -0.4 is 0 Å². The van der Waals surface area contributed by atoms with Gasteiger partial charge in [0.15, 0.2) is 0 Å². The molecule has 4 rings (SSSR count). The zero-order chi connectivity index (χ0) is 25.5. The van der Waals surface area contributed by atoms with Crippen LogP contribution in [0.3, 0.4) is 0 Å². The number of nitrogens with zero attached hydrogens (tertiary/aromatic N) is 1. The first-order chi connectivity index (χ1) is 17.5. The van der Waals surface area contributed by atoms with Crippen molar-refractivity contribution in [3.05, 3.63) is 82.2 Å². The van der Waals surface area contributed by atoms with Crippen LogP contribution in [0.15, 0.2) is 42.5 Å². The lowest BCUT2D eigenvalue weighted by molar-refractivity contribution is 0.249. The van der Waals surface area contributed by atoms with Gasteiger partial charge in [-0.15, -0.1) is 0 Å². The third-order valence-corrected chi connectivity index (χ3v) is 8.02. The number of fused-ring (bicyclic) bond motifs is 1. The topological polar surface area (TPSA) is 23.8 Å². The largest absolute Gasteiger partial charge is 0.206 e. The van der Waals surface area contributed by atoms with E-state index in [-0.39, 0.29) is 5.82 Å². The van der Waals surface area contributed by atoms with E-state index in [4.69, 9.17) is 5.26 Å². The fourth-order valence-electron chi connectivity index (χ4n) is 5.75. The van der Waals surface area contributed by atoms with Crippen LogP contribution in [0.2, 0.25) is 0 Å². The Morgan fingerprint density at radius 3 is 2.14 bits per heavy atom. The molecule has 0 radical (unpaired) electrons. The minimum atomic E-state index is -0.876. The number of hydrogen-bond donors (Lipinski definition) is 0. The van der Waals surface area contributed by atoms with Crippen molar-refractivity contribution in [2.24, 2.45) is 11.8 Å². The summed E-state index contributed by atoms with van der Waals surface area (Å²) >= 11 is 0. The van der Waals surface area contributed by atoms with Crippen LogP contribution >= 0.6 is 0 Å². The van der Waals surface area contributed by atoms with Gasteiger partial charge < -0.3 is 0 Å². The Morgan fingerprint density at radius 2 is 1.47 bits per heavy atom. The Morgan fingerprint density at radius 1 is 0.778 bits per heavy atom. The van der Waals surface area contributed by atoms with Crippen LogP contribution in [0.25, 0.3) is 10.8 Å². The zero-order valence-electron chi connectivity index (χ0n) is 21.3. The van der Waals surface area contributed by atoms with Crippen molar-refractivity contribution in [3.8, 4) is 6.07 Å². The van der Waals surface area contributed by atoms with Crippen molar-refractivity contribution < 1.29 is 13.2 Å². The molecular weight excluding hydrogens is 455 g/mol. The average molecular weight is 492 g/mol. The van der Waals surface area contributed by atoms with E-state index in [2.05, 4.69) is 13.0 Å². The van der Waals surface area contributed by atoms with Crippen molar-refractivity contribution >= 4 is 10.8 Å². The highest BCUT2D eigenvalue weighted by atomic mass is 19.1. The molecule has 1 aliphatic rings. The van der Waals surface area contributed by atoms with Crippen molar-refractivity contribution in [3.63, 3.8) is 0 Å². The Balaban J connectivity index is 1.33. The second kappa shape index (κ2) is 12.4. The minimum Gasteiger partial charge on any atom is -0.206 e. The minimum absolute atomic E-state index is 0.268. The molecule has 1 aliphatic carbocycles. The summed E-state index contributed by atoms with van der Waals surface area (Å²) in [7, 11) is 0. The molecule has 4 heteroatoms. The molecule has 0 unspecified atom stereocenters. The Kier molecular flexibility index (Phi) is 9.08. The predicted octanol–water partition coefficient (Wildman–Crippen LogP) is 9.23. The smallest absolute Gasteiger partial charge is 0.144 e. The summed E-state index contributed by atoms with van der Waals surface area (Å²) in [5.41, 5.74) is 1.61. The molecule has 0 heterocycles. The highest BCUT2D eigenvalue weighted by Crippen LogP contribution is 2.34. The van der Waals surface area contributed by atoms with Gasteiger partial charge >= 0.3 is 0 Å². The van der Waals surface area contributed by atoms with Gasteiger partial charge in [0.1, 0.15) is 29.1 Å². The van der Waals surface area contributed by atoms with Gasteiger partial charge in [-0.1, -0.05) is 88.6 Å². The molecule has 0 atom stereocenters. The van der Waals surface area contributed by atoms with Crippen LogP contribution in [0.4, 0.5) is 13.2 Å². The fourth-order valence-corrected chi connectivity index (χ4v) is 5.75. The van der Waals surface area contributed by atoms with E-state index < -0.39 is 17.2 Å².